The summed E-state index contributed by atoms with van der Waals surface area (Å²) in [5, 5.41) is 0. The molecule has 118 valence electrons. The first-order valence-corrected chi connectivity index (χ1v) is 8.19. The van der Waals surface area contributed by atoms with Gasteiger partial charge in [0.15, 0.2) is 0 Å². The number of hydrogen-bond donors (Lipinski definition) is 0. The lowest BCUT2D eigenvalue weighted by Crippen LogP contribution is -2.12. The van der Waals surface area contributed by atoms with Crippen molar-refractivity contribution in [2.45, 2.75) is 25.7 Å². The van der Waals surface area contributed by atoms with Crippen LogP contribution in [0.1, 0.15) is 25.7 Å². The van der Waals surface area contributed by atoms with Crippen molar-refractivity contribution in [3.63, 3.8) is 0 Å². The Morgan fingerprint density at radius 2 is 1.50 bits per heavy atom. The smallest absolute Gasteiger partial charge is 0.119 e. The SMILES string of the molecule is CN(C)CCCCCCOc1cccc(-c2ccccc2)c1. The molecule has 0 N–H and O–H groups in total. The van der Waals surface area contributed by atoms with Gasteiger partial charge in [-0.15, -0.1) is 0 Å². The first-order chi connectivity index (χ1) is 10.8. The lowest BCUT2D eigenvalue weighted by molar-refractivity contribution is 0.302. The van der Waals surface area contributed by atoms with Gasteiger partial charge < -0.3 is 9.64 Å². The molecular weight excluding hydrogens is 270 g/mol. The van der Waals surface area contributed by atoms with Crippen LogP contribution in [-0.2, 0) is 0 Å². The summed E-state index contributed by atoms with van der Waals surface area (Å²) < 4.78 is 5.89. The zero-order valence-electron chi connectivity index (χ0n) is 13.8. The van der Waals surface area contributed by atoms with E-state index in [-0.39, 0.29) is 0 Å². The minimum absolute atomic E-state index is 0.806. The predicted octanol–water partition coefficient (Wildman–Crippen LogP) is 4.85. The van der Waals surface area contributed by atoms with Crippen LogP contribution in [0.5, 0.6) is 5.75 Å². The molecule has 0 aliphatic heterocycles. The van der Waals surface area contributed by atoms with E-state index in [0.29, 0.717) is 0 Å². The first kappa shape index (κ1) is 16.6. The van der Waals surface area contributed by atoms with Gasteiger partial charge in [0, 0.05) is 0 Å². The van der Waals surface area contributed by atoms with Crippen molar-refractivity contribution in [2.24, 2.45) is 0 Å². The average Bonchev–Trinajstić information content (AvgIpc) is 2.55. The van der Waals surface area contributed by atoms with Gasteiger partial charge in [-0.1, -0.05) is 55.3 Å². The van der Waals surface area contributed by atoms with Crippen LogP contribution in [0.25, 0.3) is 11.1 Å². The molecule has 0 aromatic heterocycles. The molecule has 0 bridgehead atoms. The Morgan fingerprint density at radius 3 is 2.27 bits per heavy atom. The zero-order chi connectivity index (χ0) is 15.6. The molecular formula is C20H27NO. The predicted molar refractivity (Wildman–Crippen MR) is 94.4 cm³/mol. The molecule has 0 radical (unpaired) electrons. The largest absolute Gasteiger partial charge is 0.494 e. The van der Waals surface area contributed by atoms with E-state index in [2.05, 4.69) is 61.5 Å². The van der Waals surface area contributed by atoms with Gasteiger partial charge in [-0.05, 0) is 56.7 Å². The fourth-order valence-electron chi connectivity index (χ4n) is 2.47. The lowest BCUT2D eigenvalue weighted by Gasteiger charge is -2.10. The first-order valence-electron chi connectivity index (χ1n) is 8.19. The lowest BCUT2D eigenvalue weighted by atomic mass is 10.1. The molecule has 2 nitrogen and oxygen atoms in total. The highest BCUT2D eigenvalue weighted by molar-refractivity contribution is 5.64. The van der Waals surface area contributed by atoms with Crippen LogP contribution >= 0.6 is 0 Å². The van der Waals surface area contributed by atoms with Crippen molar-refractivity contribution in [1.29, 1.82) is 0 Å². The normalized spacial score (nSPS) is 10.9. The van der Waals surface area contributed by atoms with Crippen LogP contribution in [0.3, 0.4) is 0 Å². The molecule has 0 unspecified atom stereocenters. The third kappa shape index (κ3) is 5.90. The summed E-state index contributed by atoms with van der Waals surface area (Å²) >= 11 is 0. The van der Waals surface area contributed by atoms with Crippen molar-refractivity contribution in [1.82, 2.24) is 4.90 Å². The molecule has 0 saturated heterocycles. The molecule has 0 fully saturated rings. The summed E-state index contributed by atoms with van der Waals surface area (Å²) in [4.78, 5) is 2.24. The van der Waals surface area contributed by atoms with Crippen molar-refractivity contribution >= 4 is 0 Å². The van der Waals surface area contributed by atoms with Crippen LogP contribution in [-0.4, -0.2) is 32.1 Å². The van der Waals surface area contributed by atoms with Crippen molar-refractivity contribution in [2.75, 3.05) is 27.2 Å². The second-order valence-corrected chi connectivity index (χ2v) is 5.96. The highest BCUT2D eigenvalue weighted by atomic mass is 16.5. The summed E-state index contributed by atoms with van der Waals surface area (Å²) in [5.74, 6) is 0.967. The fourth-order valence-corrected chi connectivity index (χ4v) is 2.47. The highest BCUT2D eigenvalue weighted by Crippen LogP contribution is 2.23. The highest BCUT2D eigenvalue weighted by Gasteiger charge is 2.00. The Morgan fingerprint density at radius 1 is 0.773 bits per heavy atom. The van der Waals surface area contributed by atoms with Gasteiger partial charge >= 0.3 is 0 Å². The summed E-state index contributed by atoms with van der Waals surface area (Å²) in [7, 11) is 4.26. The van der Waals surface area contributed by atoms with Gasteiger partial charge in [-0.3, -0.25) is 0 Å². The molecule has 0 atom stereocenters. The number of nitrogens with zero attached hydrogens (tertiary/aromatic N) is 1. The molecule has 2 rings (SSSR count). The topological polar surface area (TPSA) is 12.5 Å². The van der Waals surface area contributed by atoms with E-state index >= 15 is 0 Å². The number of ether oxygens (including phenoxy) is 1. The summed E-state index contributed by atoms with van der Waals surface area (Å²) in [5.41, 5.74) is 2.45. The van der Waals surface area contributed by atoms with E-state index in [1.54, 1.807) is 0 Å². The van der Waals surface area contributed by atoms with Gasteiger partial charge in [0.2, 0.25) is 0 Å². The van der Waals surface area contributed by atoms with Gasteiger partial charge in [0.25, 0.3) is 0 Å². The average molecular weight is 297 g/mol. The van der Waals surface area contributed by atoms with E-state index in [1.807, 2.05) is 12.1 Å². The molecule has 22 heavy (non-hydrogen) atoms. The van der Waals surface area contributed by atoms with Gasteiger partial charge in [0.1, 0.15) is 5.75 Å². The van der Waals surface area contributed by atoms with Gasteiger partial charge in [-0.2, -0.15) is 0 Å². The fraction of sp³-hybridized carbons (Fsp3) is 0.400. The quantitative estimate of drug-likeness (QED) is 0.613. The van der Waals surface area contributed by atoms with E-state index < -0.39 is 0 Å². The molecule has 0 saturated carbocycles. The van der Waals surface area contributed by atoms with E-state index in [9.17, 15) is 0 Å². The summed E-state index contributed by atoms with van der Waals surface area (Å²) in [6.07, 6.45) is 4.93. The molecule has 0 heterocycles. The minimum atomic E-state index is 0.806. The maximum Gasteiger partial charge on any atom is 0.119 e. The molecule has 0 spiro atoms. The maximum absolute atomic E-state index is 5.89. The molecule has 2 aromatic carbocycles. The Kier molecular flexibility index (Phi) is 6.98. The van der Waals surface area contributed by atoms with Crippen molar-refractivity contribution in [3.05, 3.63) is 54.6 Å². The van der Waals surface area contributed by atoms with E-state index in [1.165, 1.54) is 36.9 Å². The maximum atomic E-state index is 5.89. The summed E-state index contributed by atoms with van der Waals surface area (Å²) in [6, 6.07) is 18.8. The number of unbranched alkanes of at least 4 members (excludes halogenated alkanes) is 3. The standard InChI is InChI=1S/C20H27NO/c1-21(2)15-8-3-4-9-16-22-20-14-10-13-19(17-20)18-11-6-5-7-12-18/h5-7,10-14,17H,3-4,8-9,15-16H2,1-2H3. The number of benzene rings is 2. The summed E-state index contributed by atoms with van der Waals surface area (Å²) in [6.45, 7) is 1.99. The molecule has 2 aromatic rings. The molecule has 0 aliphatic carbocycles. The second kappa shape index (κ2) is 9.26. The van der Waals surface area contributed by atoms with Crippen LogP contribution in [0, 0.1) is 0 Å². The Balaban J connectivity index is 1.72. The zero-order valence-corrected chi connectivity index (χ0v) is 13.8. The van der Waals surface area contributed by atoms with Gasteiger partial charge in [-0.25, -0.2) is 0 Å². The second-order valence-electron chi connectivity index (χ2n) is 5.96. The van der Waals surface area contributed by atoms with Crippen LogP contribution in [0.2, 0.25) is 0 Å². The van der Waals surface area contributed by atoms with Crippen LogP contribution in [0.15, 0.2) is 54.6 Å². The Labute approximate surface area is 134 Å². The molecule has 0 amide bonds. The Hall–Kier alpha value is -1.80. The minimum Gasteiger partial charge on any atom is -0.494 e. The van der Waals surface area contributed by atoms with Crippen molar-refractivity contribution < 1.29 is 4.74 Å². The molecule has 0 aliphatic rings. The molecule has 2 heteroatoms. The number of rotatable bonds is 9. The van der Waals surface area contributed by atoms with E-state index in [4.69, 9.17) is 4.74 Å². The van der Waals surface area contributed by atoms with Gasteiger partial charge in [0.05, 0.1) is 6.61 Å². The number of hydrogen-bond acceptors (Lipinski definition) is 2. The third-order valence-corrected chi connectivity index (χ3v) is 3.71. The third-order valence-electron chi connectivity index (χ3n) is 3.71. The van der Waals surface area contributed by atoms with Crippen LogP contribution in [0.4, 0.5) is 0 Å². The van der Waals surface area contributed by atoms with Crippen LogP contribution < -0.4 is 4.74 Å². The van der Waals surface area contributed by atoms with E-state index in [0.717, 1.165) is 18.8 Å². The van der Waals surface area contributed by atoms with Crippen molar-refractivity contribution in [3.8, 4) is 16.9 Å². The Bertz CT molecular complexity index is 536. The monoisotopic (exact) mass is 297 g/mol.